The summed E-state index contributed by atoms with van der Waals surface area (Å²) in [5, 5.41) is 2.40. The number of benzene rings is 5. The van der Waals surface area contributed by atoms with Crippen molar-refractivity contribution in [1.29, 1.82) is 0 Å². The van der Waals surface area contributed by atoms with Gasteiger partial charge in [-0.1, -0.05) is 127 Å². The first-order chi connectivity index (χ1) is 21.3. The average Bonchev–Trinajstić information content (AvgIpc) is 3.07. The zero-order valence-electron chi connectivity index (χ0n) is 23.7. The molecular formula is C37H34O5S. The van der Waals surface area contributed by atoms with E-state index in [1.54, 1.807) is 11.8 Å². The minimum Gasteiger partial charge on any atom is -0.368 e. The summed E-state index contributed by atoms with van der Waals surface area (Å²) in [5.41, 5.74) is 2.84. The monoisotopic (exact) mass is 590 g/mol. The number of hydrogen-bond donors (Lipinski definition) is 0. The van der Waals surface area contributed by atoms with Crippen LogP contribution in [0.3, 0.4) is 0 Å². The molecule has 0 amide bonds. The van der Waals surface area contributed by atoms with E-state index in [2.05, 4.69) is 66.7 Å². The summed E-state index contributed by atoms with van der Waals surface area (Å²) in [7, 11) is 0. The summed E-state index contributed by atoms with van der Waals surface area (Å²) in [6, 6.07) is 45.4. The zero-order valence-corrected chi connectivity index (χ0v) is 24.6. The molecule has 0 bridgehead atoms. The van der Waals surface area contributed by atoms with Crippen molar-refractivity contribution in [2.45, 2.75) is 54.3 Å². The molecule has 2 aliphatic heterocycles. The van der Waals surface area contributed by atoms with Crippen LogP contribution < -0.4 is 0 Å². The van der Waals surface area contributed by atoms with Crippen molar-refractivity contribution >= 4 is 22.5 Å². The molecule has 5 aromatic rings. The van der Waals surface area contributed by atoms with E-state index >= 15 is 0 Å². The normalized spacial score (nSPS) is 25.3. The molecule has 5 nitrogen and oxygen atoms in total. The minimum atomic E-state index is -0.508. The first kappa shape index (κ1) is 28.3. The summed E-state index contributed by atoms with van der Waals surface area (Å²) in [5.74, 6) is 0. The van der Waals surface area contributed by atoms with Crippen molar-refractivity contribution in [2.24, 2.45) is 0 Å². The lowest BCUT2D eigenvalue weighted by molar-refractivity contribution is -0.329. The lowest BCUT2D eigenvalue weighted by Crippen LogP contribution is -2.62. The Hall–Kier alpha value is -3.49. The highest BCUT2D eigenvalue weighted by molar-refractivity contribution is 7.99. The van der Waals surface area contributed by atoms with Crippen molar-refractivity contribution < 1.29 is 23.7 Å². The van der Waals surface area contributed by atoms with E-state index in [-0.39, 0.29) is 17.6 Å². The number of thioether (sulfide) groups is 1. The molecule has 0 spiro atoms. The van der Waals surface area contributed by atoms with Crippen LogP contribution in [-0.4, -0.2) is 36.5 Å². The van der Waals surface area contributed by atoms with Gasteiger partial charge in [0.1, 0.15) is 29.9 Å². The van der Waals surface area contributed by atoms with Crippen molar-refractivity contribution in [3.63, 3.8) is 0 Å². The van der Waals surface area contributed by atoms with Gasteiger partial charge >= 0.3 is 0 Å². The fraction of sp³-hybridized carbons (Fsp3) is 0.243. The molecule has 7 rings (SSSR count). The van der Waals surface area contributed by atoms with E-state index in [0.717, 1.165) is 21.6 Å². The fourth-order valence-electron chi connectivity index (χ4n) is 5.71. The Morgan fingerprint density at radius 2 is 1.26 bits per heavy atom. The van der Waals surface area contributed by atoms with Gasteiger partial charge in [0.2, 0.25) is 0 Å². The summed E-state index contributed by atoms with van der Waals surface area (Å²) >= 11 is 1.65. The van der Waals surface area contributed by atoms with Crippen molar-refractivity contribution in [2.75, 3.05) is 6.61 Å². The van der Waals surface area contributed by atoms with Gasteiger partial charge in [-0.3, -0.25) is 0 Å². The summed E-state index contributed by atoms with van der Waals surface area (Å²) in [4.78, 5) is 1.10. The Morgan fingerprint density at radius 3 is 2.05 bits per heavy atom. The van der Waals surface area contributed by atoms with Gasteiger partial charge in [0.05, 0.1) is 19.8 Å². The smallest absolute Gasteiger partial charge is 0.184 e. The maximum Gasteiger partial charge on any atom is 0.184 e. The summed E-state index contributed by atoms with van der Waals surface area (Å²) in [6.45, 7) is 1.26. The second-order valence-electron chi connectivity index (χ2n) is 10.9. The molecule has 0 N–H and O–H groups in total. The molecule has 2 saturated heterocycles. The van der Waals surface area contributed by atoms with Gasteiger partial charge < -0.3 is 23.7 Å². The largest absolute Gasteiger partial charge is 0.368 e. The number of ether oxygens (including phenoxy) is 5. The van der Waals surface area contributed by atoms with Crippen LogP contribution in [0.5, 0.6) is 0 Å². The highest BCUT2D eigenvalue weighted by Crippen LogP contribution is 2.41. The number of fused-ring (bicyclic) bond motifs is 2. The molecule has 43 heavy (non-hydrogen) atoms. The van der Waals surface area contributed by atoms with E-state index in [9.17, 15) is 0 Å². The van der Waals surface area contributed by atoms with Crippen LogP contribution in [0.15, 0.2) is 138 Å². The van der Waals surface area contributed by atoms with Crippen LogP contribution in [-0.2, 0) is 36.9 Å². The van der Waals surface area contributed by atoms with E-state index in [1.807, 2.05) is 66.7 Å². The molecule has 0 radical (unpaired) electrons. The average molecular weight is 591 g/mol. The number of rotatable bonds is 9. The Bertz CT molecular complexity index is 1600. The van der Waals surface area contributed by atoms with Gasteiger partial charge in [0, 0.05) is 10.5 Å². The molecule has 5 aromatic carbocycles. The Labute approximate surface area is 256 Å². The molecule has 218 valence electrons. The van der Waals surface area contributed by atoms with Crippen LogP contribution >= 0.6 is 11.8 Å². The maximum absolute atomic E-state index is 6.84. The summed E-state index contributed by atoms with van der Waals surface area (Å²) in [6.07, 6.45) is -2.00. The van der Waals surface area contributed by atoms with Crippen LogP contribution in [0.1, 0.15) is 23.0 Å². The Balaban J connectivity index is 1.20. The maximum atomic E-state index is 6.84. The van der Waals surface area contributed by atoms with E-state index in [0.29, 0.717) is 19.8 Å². The fourth-order valence-corrected chi connectivity index (χ4v) is 6.86. The molecule has 2 heterocycles. The SMILES string of the molecule is c1ccc(COC2[C@@H](Sc3ccccc3)OC3COC(c4ccccc4)O[C@H]3[C@@H]2OCc2ccc3ccccc3c2)cc1. The highest BCUT2D eigenvalue weighted by atomic mass is 32.2. The third-order valence-electron chi connectivity index (χ3n) is 7.89. The first-order valence-electron chi connectivity index (χ1n) is 14.7. The van der Waals surface area contributed by atoms with Crippen molar-refractivity contribution in [3.05, 3.63) is 150 Å². The second kappa shape index (κ2) is 13.4. The lowest BCUT2D eigenvalue weighted by Gasteiger charge is -2.49. The molecule has 6 heteroatoms. The van der Waals surface area contributed by atoms with Crippen LogP contribution in [0.2, 0.25) is 0 Å². The standard InChI is InChI=1S/C37H34O5S/c1-4-12-26(13-5-1)23-39-35-34(38-24-27-20-21-28-14-10-11-17-30(28)22-27)33-32(41-37(35)43-31-18-8-3-9-19-31)25-40-36(42-33)29-15-6-2-7-16-29/h1-22,32-37H,23-25H2/t32?,33-,34+,35?,36?,37-/m1/s1. The molecule has 0 aromatic heterocycles. The molecule has 2 fully saturated rings. The molecular weight excluding hydrogens is 556 g/mol. The predicted molar refractivity (Wildman–Crippen MR) is 169 cm³/mol. The lowest BCUT2D eigenvalue weighted by atomic mass is 9.98. The van der Waals surface area contributed by atoms with Gasteiger partial charge in [-0.15, -0.1) is 0 Å². The first-order valence-corrected chi connectivity index (χ1v) is 15.6. The highest BCUT2D eigenvalue weighted by Gasteiger charge is 2.51. The molecule has 0 aliphatic carbocycles. The third-order valence-corrected chi connectivity index (χ3v) is 9.05. The van der Waals surface area contributed by atoms with Gasteiger partial charge in [0.15, 0.2) is 6.29 Å². The molecule has 2 aliphatic rings. The van der Waals surface area contributed by atoms with Gasteiger partial charge in [-0.05, 0) is 40.1 Å². The predicted octanol–water partition coefficient (Wildman–Crippen LogP) is 7.94. The molecule has 6 atom stereocenters. The van der Waals surface area contributed by atoms with Crippen LogP contribution in [0.4, 0.5) is 0 Å². The van der Waals surface area contributed by atoms with Crippen LogP contribution in [0.25, 0.3) is 10.8 Å². The van der Waals surface area contributed by atoms with Gasteiger partial charge in [-0.2, -0.15) is 0 Å². The summed E-state index contributed by atoms with van der Waals surface area (Å²) < 4.78 is 33.2. The van der Waals surface area contributed by atoms with Crippen LogP contribution in [0, 0.1) is 0 Å². The van der Waals surface area contributed by atoms with E-state index in [4.69, 9.17) is 23.7 Å². The second-order valence-corrected chi connectivity index (χ2v) is 12.0. The van der Waals surface area contributed by atoms with Gasteiger partial charge in [-0.25, -0.2) is 0 Å². The Kier molecular flexibility index (Phi) is 8.84. The third kappa shape index (κ3) is 6.70. The van der Waals surface area contributed by atoms with Crippen molar-refractivity contribution in [1.82, 2.24) is 0 Å². The topological polar surface area (TPSA) is 46.2 Å². The van der Waals surface area contributed by atoms with Crippen molar-refractivity contribution in [3.8, 4) is 0 Å². The molecule has 0 saturated carbocycles. The zero-order chi connectivity index (χ0) is 28.8. The quantitative estimate of drug-likeness (QED) is 0.174. The van der Waals surface area contributed by atoms with Gasteiger partial charge in [0.25, 0.3) is 0 Å². The minimum absolute atomic E-state index is 0.306. The van der Waals surface area contributed by atoms with E-state index in [1.165, 1.54) is 10.8 Å². The number of hydrogen-bond acceptors (Lipinski definition) is 6. The Morgan fingerprint density at radius 1 is 0.605 bits per heavy atom. The van der Waals surface area contributed by atoms with E-state index < -0.39 is 18.5 Å². The molecule has 3 unspecified atom stereocenters.